The third-order valence-corrected chi connectivity index (χ3v) is 5.41. The van der Waals surface area contributed by atoms with Gasteiger partial charge < -0.3 is 0 Å². The van der Waals surface area contributed by atoms with Gasteiger partial charge in [0, 0.05) is 19.7 Å². The van der Waals surface area contributed by atoms with E-state index in [0.29, 0.717) is 16.6 Å². The highest BCUT2D eigenvalue weighted by Crippen LogP contribution is 2.17. The SMILES string of the molecule is Cc1ccc(C(=O)NNS(=O)(=O)c2ccc3c(c2)n(C)c(=O)n3C)cc1. The standard InChI is InChI=1S/C17H18N4O4S/c1-11-4-6-12(7-5-11)16(22)18-19-26(24,25)13-8-9-14-15(10-13)21(3)17(23)20(14)2/h4-10,19H,1-3H3,(H,18,22). The van der Waals surface area contributed by atoms with Gasteiger partial charge in [-0.05, 0) is 37.3 Å². The van der Waals surface area contributed by atoms with Crippen LogP contribution in [-0.2, 0) is 24.1 Å². The van der Waals surface area contributed by atoms with Crippen molar-refractivity contribution in [2.45, 2.75) is 11.8 Å². The van der Waals surface area contributed by atoms with Crippen LogP contribution < -0.4 is 15.9 Å². The Kier molecular flexibility index (Phi) is 4.43. The Bertz CT molecular complexity index is 1160. The van der Waals surface area contributed by atoms with Gasteiger partial charge in [-0.1, -0.05) is 17.7 Å². The van der Waals surface area contributed by atoms with E-state index in [1.165, 1.54) is 21.3 Å². The number of rotatable bonds is 4. The molecule has 0 aliphatic heterocycles. The lowest BCUT2D eigenvalue weighted by atomic mass is 10.1. The predicted octanol–water partition coefficient (Wildman–Crippen LogP) is 0.809. The number of nitrogens with zero attached hydrogens (tertiary/aromatic N) is 2. The van der Waals surface area contributed by atoms with Crippen LogP contribution in [0.4, 0.5) is 0 Å². The summed E-state index contributed by atoms with van der Waals surface area (Å²) >= 11 is 0. The maximum Gasteiger partial charge on any atom is 0.328 e. The van der Waals surface area contributed by atoms with Crippen LogP contribution >= 0.6 is 0 Å². The van der Waals surface area contributed by atoms with Gasteiger partial charge in [0.25, 0.3) is 15.9 Å². The number of carbonyl (C=O) groups is 1. The first-order valence-electron chi connectivity index (χ1n) is 7.75. The van der Waals surface area contributed by atoms with Crippen LogP contribution in [0.5, 0.6) is 0 Å². The van der Waals surface area contributed by atoms with Crippen molar-refractivity contribution in [2.75, 3.05) is 0 Å². The summed E-state index contributed by atoms with van der Waals surface area (Å²) in [6, 6.07) is 11.0. The summed E-state index contributed by atoms with van der Waals surface area (Å²) < 4.78 is 27.7. The van der Waals surface area contributed by atoms with Crippen molar-refractivity contribution in [3.05, 3.63) is 64.1 Å². The lowest BCUT2D eigenvalue weighted by Gasteiger charge is -2.09. The summed E-state index contributed by atoms with van der Waals surface area (Å²) in [5.41, 5.74) is 4.34. The number of aryl methyl sites for hydroxylation is 3. The third-order valence-electron chi connectivity index (χ3n) is 4.17. The second kappa shape index (κ2) is 6.43. The monoisotopic (exact) mass is 374 g/mol. The lowest BCUT2D eigenvalue weighted by molar-refractivity contribution is 0.0945. The number of hydrogen-bond acceptors (Lipinski definition) is 4. The summed E-state index contributed by atoms with van der Waals surface area (Å²) in [5, 5.41) is 0. The van der Waals surface area contributed by atoms with Gasteiger partial charge >= 0.3 is 5.69 Å². The minimum Gasteiger partial charge on any atom is -0.295 e. The zero-order valence-electron chi connectivity index (χ0n) is 14.5. The molecule has 0 unspecified atom stereocenters. The van der Waals surface area contributed by atoms with Crippen LogP contribution in [0, 0.1) is 6.92 Å². The maximum absolute atomic E-state index is 12.4. The molecule has 0 bridgehead atoms. The first-order valence-corrected chi connectivity index (χ1v) is 9.23. The number of sulfonamides is 1. The molecule has 0 radical (unpaired) electrons. The Morgan fingerprint density at radius 2 is 1.58 bits per heavy atom. The number of imidazole rings is 1. The van der Waals surface area contributed by atoms with Gasteiger partial charge in [-0.2, -0.15) is 0 Å². The molecule has 0 saturated heterocycles. The summed E-state index contributed by atoms with van der Waals surface area (Å²) in [4.78, 5) is 26.0. The van der Waals surface area contributed by atoms with Gasteiger partial charge in [-0.3, -0.25) is 19.4 Å². The first kappa shape index (κ1) is 17.9. The molecule has 1 aromatic heterocycles. The molecule has 136 valence electrons. The molecule has 9 heteroatoms. The van der Waals surface area contributed by atoms with Gasteiger partial charge in [0.1, 0.15) is 0 Å². The van der Waals surface area contributed by atoms with E-state index in [2.05, 4.69) is 10.3 Å². The molecule has 2 aromatic carbocycles. The van der Waals surface area contributed by atoms with E-state index in [1.807, 2.05) is 6.92 Å². The van der Waals surface area contributed by atoms with Crippen molar-refractivity contribution in [1.82, 2.24) is 19.4 Å². The van der Waals surface area contributed by atoms with Crippen LogP contribution in [0.1, 0.15) is 15.9 Å². The normalized spacial score (nSPS) is 11.7. The lowest BCUT2D eigenvalue weighted by Crippen LogP contribution is -2.41. The number of carbonyl (C=O) groups excluding carboxylic acids is 1. The summed E-state index contributed by atoms with van der Waals surface area (Å²) in [5.74, 6) is -0.568. The fourth-order valence-corrected chi connectivity index (χ4v) is 3.46. The number of fused-ring (bicyclic) bond motifs is 1. The van der Waals surface area contributed by atoms with Crippen LogP contribution in [0.15, 0.2) is 52.2 Å². The number of nitrogens with one attached hydrogen (secondary N) is 2. The van der Waals surface area contributed by atoms with Crippen molar-refractivity contribution >= 4 is 27.0 Å². The summed E-state index contributed by atoms with van der Waals surface area (Å²) in [6.07, 6.45) is 0. The summed E-state index contributed by atoms with van der Waals surface area (Å²) in [7, 11) is -0.817. The Labute approximate surface area is 150 Å². The molecular formula is C17H18N4O4S. The van der Waals surface area contributed by atoms with Crippen molar-refractivity contribution in [2.24, 2.45) is 14.1 Å². The van der Waals surface area contributed by atoms with E-state index in [9.17, 15) is 18.0 Å². The van der Waals surface area contributed by atoms with Crippen molar-refractivity contribution < 1.29 is 13.2 Å². The Morgan fingerprint density at radius 1 is 0.962 bits per heavy atom. The second-order valence-electron chi connectivity index (χ2n) is 5.98. The molecule has 0 aliphatic rings. The van der Waals surface area contributed by atoms with E-state index >= 15 is 0 Å². The predicted molar refractivity (Wildman–Crippen MR) is 97.1 cm³/mol. The van der Waals surface area contributed by atoms with Crippen molar-refractivity contribution in [3.63, 3.8) is 0 Å². The quantitative estimate of drug-likeness (QED) is 0.660. The molecule has 0 saturated carbocycles. The van der Waals surface area contributed by atoms with Crippen LogP contribution in [0.2, 0.25) is 0 Å². The molecule has 3 aromatic rings. The fraction of sp³-hybridized carbons (Fsp3) is 0.176. The number of benzene rings is 2. The first-order chi connectivity index (χ1) is 12.2. The Balaban J connectivity index is 1.85. The summed E-state index contributed by atoms with van der Waals surface area (Å²) in [6.45, 7) is 1.89. The molecule has 0 spiro atoms. The fourth-order valence-electron chi connectivity index (χ4n) is 2.60. The molecule has 8 nitrogen and oxygen atoms in total. The molecule has 1 heterocycles. The van der Waals surface area contributed by atoms with E-state index in [4.69, 9.17) is 0 Å². The smallest absolute Gasteiger partial charge is 0.295 e. The molecule has 0 atom stereocenters. The van der Waals surface area contributed by atoms with Gasteiger partial charge in [-0.15, -0.1) is 4.83 Å². The van der Waals surface area contributed by atoms with Gasteiger partial charge in [0.05, 0.1) is 15.9 Å². The average Bonchev–Trinajstić information content (AvgIpc) is 2.84. The topological polar surface area (TPSA) is 102 Å². The molecule has 26 heavy (non-hydrogen) atoms. The van der Waals surface area contributed by atoms with Crippen LogP contribution in [0.25, 0.3) is 11.0 Å². The zero-order chi connectivity index (χ0) is 19.1. The van der Waals surface area contributed by atoms with Crippen LogP contribution in [0.3, 0.4) is 0 Å². The third kappa shape index (κ3) is 3.14. The second-order valence-corrected chi connectivity index (χ2v) is 7.66. The van der Waals surface area contributed by atoms with Crippen molar-refractivity contribution in [3.8, 4) is 0 Å². The molecular weight excluding hydrogens is 356 g/mol. The maximum atomic E-state index is 12.4. The van der Waals surface area contributed by atoms with E-state index in [-0.39, 0.29) is 10.6 Å². The van der Waals surface area contributed by atoms with Gasteiger partial charge in [-0.25, -0.2) is 13.2 Å². The number of amides is 1. The zero-order valence-corrected chi connectivity index (χ0v) is 15.3. The largest absolute Gasteiger partial charge is 0.328 e. The van der Waals surface area contributed by atoms with Gasteiger partial charge in [0.2, 0.25) is 0 Å². The molecule has 1 amide bonds. The molecule has 2 N–H and O–H groups in total. The minimum absolute atomic E-state index is 0.0598. The molecule has 3 rings (SSSR count). The Morgan fingerprint density at radius 3 is 2.23 bits per heavy atom. The van der Waals surface area contributed by atoms with Gasteiger partial charge in [0.15, 0.2) is 0 Å². The highest BCUT2D eigenvalue weighted by molar-refractivity contribution is 7.89. The number of hydrazine groups is 1. The van der Waals surface area contributed by atoms with E-state index in [1.54, 1.807) is 44.4 Å². The average molecular weight is 374 g/mol. The highest BCUT2D eigenvalue weighted by atomic mass is 32.2. The van der Waals surface area contributed by atoms with E-state index < -0.39 is 15.9 Å². The minimum atomic E-state index is -3.99. The van der Waals surface area contributed by atoms with Crippen molar-refractivity contribution in [1.29, 1.82) is 0 Å². The highest BCUT2D eigenvalue weighted by Gasteiger charge is 2.18. The number of aromatic nitrogens is 2. The Hall–Kier alpha value is -2.91. The molecule has 0 aliphatic carbocycles. The number of hydrogen-bond donors (Lipinski definition) is 2. The van der Waals surface area contributed by atoms with E-state index in [0.717, 1.165) is 5.56 Å². The molecule has 0 fully saturated rings. The van der Waals surface area contributed by atoms with Crippen LogP contribution in [-0.4, -0.2) is 23.5 Å².